The van der Waals surface area contributed by atoms with Gasteiger partial charge in [-0.3, -0.25) is 4.90 Å². The first-order valence-corrected chi connectivity index (χ1v) is 6.11. The van der Waals surface area contributed by atoms with Crippen molar-refractivity contribution < 1.29 is 4.74 Å². The van der Waals surface area contributed by atoms with Gasteiger partial charge in [-0.1, -0.05) is 32.9 Å². The molecule has 0 aliphatic carbocycles. The van der Waals surface area contributed by atoms with E-state index in [4.69, 9.17) is 10.00 Å². The average Bonchev–Trinajstić information content (AvgIpc) is 2.28. The van der Waals surface area contributed by atoms with Gasteiger partial charge in [0, 0.05) is 6.54 Å². The molecule has 0 radical (unpaired) electrons. The van der Waals surface area contributed by atoms with Crippen LogP contribution in [0.4, 0.5) is 0 Å². The van der Waals surface area contributed by atoms with Gasteiger partial charge in [-0.05, 0) is 29.7 Å². The van der Waals surface area contributed by atoms with Crippen molar-refractivity contribution in [3.05, 3.63) is 29.3 Å². The zero-order valence-corrected chi connectivity index (χ0v) is 11.9. The Kier molecular flexibility index (Phi) is 4.75. The highest BCUT2D eigenvalue weighted by Gasteiger charge is 2.19. The van der Waals surface area contributed by atoms with Crippen LogP contribution < -0.4 is 4.74 Å². The van der Waals surface area contributed by atoms with Gasteiger partial charge in [0.25, 0.3) is 0 Å². The summed E-state index contributed by atoms with van der Waals surface area (Å²) in [6, 6.07) is 8.40. The highest BCUT2D eigenvalue weighted by atomic mass is 16.5. The van der Waals surface area contributed by atoms with Crippen molar-refractivity contribution in [3.8, 4) is 11.8 Å². The van der Waals surface area contributed by atoms with E-state index in [1.807, 2.05) is 18.0 Å². The molecule has 3 heteroatoms. The minimum atomic E-state index is 0.0507. The maximum absolute atomic E-state index is 8.67. The van der Waals surface area contributed by atoms with Crippen LogP contribution in [0.15, 0.2) is 18.2 Å². The Labute approximate surface area is 110 Å². The summed E-state index contributed by atoms with van der Waals surface area (Å²) in [6.07, 6.45) is 0. The fourth-order valence-electron chi connectivity index (χ4n) is 1.93. The number of hydrogen-bond acceptors (Lipinski definition) is 3. The second kappa shape index (κ2) is 5.88. The van der Waals surface area contributed by atoms with E-state index in [-0.39, 0.29) is 5.41 Å². The Hall–Kier alpha value is -1.53. The van der Waals surface area contributed by atoms with Crippen LogP contribution >= 0.6 is 0 Å². The zero-order chi connectivity index (χ0) is 13.8. The van der Waals surface area contributed by atoms with Gasteiger partial charge >= 0.3 is 0 Å². The van der Waals surface area contributed by atoms with Crippen LogP contribution in [0.2, 0.25) is 0 Å². The summed E-state index contributed by atoms with van der Waals surface area (Å²) in [5.74, 6) is 0.925. The molecule has 0 spiro atoms. The van der Waals surface area contributed by atoms with E-state index < -0.39 is 0 Å². The van der Waals surface area contributed by atoms with Crippen molar-refractivity contribution in [2.45, 2.75) is 32.7 Å². The smallest absolute Gasteiger partial charge is 0.122 e. The molecule has 1 rings (SSSR count). The second-order valence-corrected chi connectivity index (χ2v) is 5.62. The highest BCUT2D eigenvalue weighted by molar-refractivity contribution is 5.41. The molecule has 3 nitrogen and oxygen atoms in total. The van der Waals surface area contributed by atoms with Crippen LogP contribution in [0.1, 0.15) is 31.9 Å². The van der Waals surface area contributed by atoms with E-state index in [0.29, 0.717) is 6.54 Å². The summed E-state index contributed by atoms with van der Waals surface area (Å²) in [6.45, 7) is 7.74. The van der Waals surface area contributed by atoms with Gasteiger partial charge < -0.3 is 4.74 Å². The Morgan fingerprint density at radius 1 is 1.33 bits per heavy atom. The number of benzene rings is 1. The summed E-state index contributed by atoms with van der Waals surface area (Å²) in [7, 11) is 3.65. The summed E-state index contributed by atoms with van der Waals surface area (Å²) in [4.78, 5) is 1.99. The number of rotatable bonds is 4. The van der Waals surface area contributed by atoms with Crippen LogP contribution in [0, 0.1) is 11.3 Å². The van der Waals surface area contributed by atoms with Crippen molar-refractivity contribution in [3.63, 3.8) is 0 Å². The SMILES string of the molecule is COc1ccc(CN(C)CC#N)cc1C(C)(C)C. The quantitative estimate of drug-likeness (QED) is 0.766. The lowest BCUT2D eigenvalue weighted by Gasteiger charge is -2.23. The van der Waals surface area contributed by atoms with Crippen molar-refractivity contribution >= 4 is 0 Å². The van der Waals surface area contributed by atoms with Crippen molar-refractivity contribution in [1.82, 2.24) is 4.90 Å². The third-order valence-electron chi connectivity index (χ3n) is 2.87. The second-order valence-electron chi connectivity index (χ2n) is 5.62. The first-order chi connectivity index (χ1) is 8.38. The summed E-state index contributed by atoms with van der Waals surface area (Å²) >= 11 is 0. The van der Waals surface area contributed by atoms with Gasteiger partial charge in [0.2, 0.25) is 0 Å². The van der Waals surface area contributed by atoms with E-state index in [1.165, 1.54) is 11.1 Å². The van der Waals surface area contributed by atoms with Crippen LogP contribution in [-0.2, 0) is 12.0 Å². The largest absolute Gasteiger partial charge is 0.496 e. The van der Waals surface area contributed by atoms with Crippen LogP contribution in [0.3, 0.4) is 0 Å². The van der Waals surface area contributed by atoms with E-state index in [0.717, 1.165) is 12.3 Å². The van der Waals surface area contributed by atoms with Gasteiger partial charge in [0.05, 0.1) is 19.7 Å². The van der Waals surface area contributed by atoms with Gasteiger partial charge in [-0.15, -0.1) is 0 Å². The predicted octanol–water partition coefficient (Wildman–Crippen LogP) is 2.95. The van der Waals surface area contributed by atoms with Gasteiger partial charge in [0.1, 0.15) is 5.75 Å². The Bertz CT molecular complexity index is 441. The molecule has 1 aromatic rings. The Balaban J connectivity index is 3.01. The maximum Gasteiger partial charge on any atom is 0.122 e. The molecule has 0 bridgehead atoms. The summed E-state index contributed by atoms with van der Waals surface area (Å²) in [5.41, 5.74) is 2.46. The normalized spacial score (nSPS) is 11.4. The molecule has 0 N–H and O–H groups in total. The Morgan fingerprint density at radius 2 is 2.00 bits per heavy atom. The molecule has 0 saturated carbocycles. The van der Waals surface area contributed by atoms with E-state index in [2.05, 4.69) is 39.0 Å². The fourth-order valence-corrected chi connectivity index (χ4v) is 1.93. The monoisotopic (exact) mass is 246 g/mol. The molecule has 0 aliphatic rings. The number of nitrogens with zero attached hydrogens (tertiary/aromatic N) is 2. The zero-order valence-electron chi connectivity index (χ0n) is 11.9. The molecule has 98 valence electrons. The topological polar surface area (TPSA) is 36.3 Å². The number of nitriles is 1. The molecule has 0 atom stereocenters. The molecule has 0 aliphatic heterocycles. The number of methoxy groups -OCH3 is 1. The minimum Gasteiger partial charge on any atom is -0.496 e. The lowest BCUT2D eigenvalue weighted by Crippen LogP contribution is -2.19. The first-order valence-electron chi connectivity index (χ1n) is 6.11. The summed E-state index contributed by atoms with van der Waals surface area (Å²) < 4.78 is 5.41. The number of hydrogen-bond donors (Lipinski definition) is 0. The Morgan fingerprint density at radius 3 is 2.50 bits per heavy atom. The standard InChI is InChI=1S/C15H22N2O/c1-15(2,3)13-10-12(6-7-14(13)18-5)11-17(4)9-8-16/h6-7,10H,9,11H2,1-5H3. The predicted molar refractivity (Wildman–Crippen MR) is 73.6 cm³/mol. The molecular weight excluding hydrogens is 224 g/mol. The van der Waals surface area contributed by atoms with Crippen molar-refractivity contribution in [2.24, 2.45) is 0 Å². The lowest BCUT2D eigenvalue weighted by atomic mass is 9.85. The van der Waals surface area contributed by atoms with E-state index in [9.17, 15) is 0 Å². The van der Waals surface area contributed by atoms with Gasteiger partial charge in [-0.25, -0.2) is 0 Å². The van der Waals surface area contributed by atoms with Crippen molar-refractivity contribution in [1.29, 1.82) is 5.26 Å². The molecule has 0 saturated heterocycles. The van der Waals surface area contributed by atoms with Crippen LogP contribution in [0.25, 0.3) is 0 Å². The summed E-state index contributed by atoms with van der Waals surface area (Å²) in [5, 5.41) is 8.67. The molecule has 0 aromatic heterocycles. The fraction of sp³-hybridized carbons (Fsp3) is 0.533. The lowest BCUT2D eigenvalue weighted by molar-refractivity contribution is 0.365. The molecular formula is C15H22N2O. The number of ether oxygens (including phenoxy) is 1. The third-order valence-corrected chi connectivity index (χ3v) is 2.87. The minimum absolute atomic E-state index is 0.0507. The van der Waals surface area contributed by atoms with E-state index >= 15 is 0 Å². The molecule has 0 fully saturated rings. The van der Waals surface area contributed by atoms with Crippen molar-refractivity contribution in [2.75, 3.05) is 20.7 Å². The first kappa shape index (κ1) is 14.5. The molecule has 0 unspecified atom stereocenters. The van der Waals surface area contributed by atoms with Gasteiger partial charge in [0.15, 0.2) is 0 Å². The van der Waals surface area contributed by atoms with E-state index in [1.54, 1.807) is 7.11 Å². The maximum atomic E-state index is 8.67. The highest BCUT2D eigenvalue weighted by Crippen LogP contribution is 2.32. The molecule has 1 aromatic carbocycles. The molecule has 18 heavy (non-hydrogen) atoms. The van der Waals surface area contributed by atoms with Gasteiger partial charge in [-0.2, -0.15) is 5.26 Å². The third kappa shape index (κ3) is 3.75. The van der Waals surface area contributed by atoms with Crippen LogP contribution in [0.5, 0.6) is 5.75 Å². The molecule has 0 heterocycles. The average molecular weight is 246 g/mol. The van der Waals surface area contributed by atoms with Crippen LogP contribution in [-0.4, -0.2) is 25.6 Å². The molecule has 0 amide bonds.